The maximum absolute atomic E-state index is 13.1. The number of nitrogens with two attached hydrogens (primary N) is 1. The van der Waals surface area contributed by atoms with E-state index in [0.29, 0.717) is 31.7 Å². The molecule has 11 heteroatoms. The van der Waals surface area contributed by atoms with E-state index in [9.17, 15) is 13.2 Å². The lowest BCUT2D eigenvalue weighted by Crippen LogP contribution is -2.46. The van der Waals surface area contributed by atoms with Gasteiger partial charge in [0.2, 0.25) is 0 Å². The summed E-state index contributed by atoms with van der Waals surface area (Å²) in [6, 6.07) is -0.153. The van der Waals surface area contributed by atoms with Crippen molar-refractivity contribution in [3.05, 3.63) is 0 Å². The van der Waals surface area contributed by atoms with Gasteiger partial charge < -0.3 is 19.8 Å². The van der Waals surface area contributed by atoms with Gasteiger partial charge in [-0.05, 0) is 51.7 Å². The molecule has 1 unspecified atom stereocenters. The van der Waals surface area contributed by atoms with Crippen molar-refractivity contribution in [1.29, 1.82) is 0 Å². The molecule has 1 rings (SSSR count). The van der Waals surface area contributed by atoms with Crippen molar-refractivity contribution in [3.8, 4) is 0 Å². The van der Waals surface area contributed by atoms with Crippen molar-refractivity contribution in [2.75, 3.05) is 31.7 Å². The summed E-state index contributed by atoms with van der Waals surface area (Å²) < 4.78 is 40.2. The number of carbonyl (C=O) groups excluding carboxylic acids is 1. The van der Waals surface area contributed by atoms with E-state index in [0.717, 1.165) is 6.26 Å². The maximum Gasteiger partial charge on any atom is 0.410 e. The zero-order valence-electron chi connectivity index (χ0n) is 21.3. The summed E-state index contributed by atoms with van der Waals surface area (Å²) in [4.78, 5) is 14.9. The van der Waals surface area contributed by atoms with Crippen LogP contribution in [0.3, 0.4) is 0 Å². The van der Waals surface area contributed by atoms with Crippen LogP contribution in [0.25, 0.3) is 0 Å². The molecule has 0 aliphatic carbocycles. The van der Waals surface area contributed by atoms with Gasteiger partial charge in [0, 0.05) is 30.1 Å². The molecule has 1 aliphatic rings. The summed E-state index contributed by atoms with van der Waals surface area (Å²) in [5, 5.41) is 0.0135. The zero-order chi connectivity index (χ0) is 25.0. The second-order valence-corrected chi connectivity index (χ2v) is 18.7. The first kappa shape index (κ1) is 29.7. The first-order valence-corrected chi connectivity index (χ1v) is 17.0. The molecule has 0 aromatic heterocycles. The van der Waals surface area contributed by atoms with Gasteiger partial charge in [-0.1, -0.05) is 20.8 Å². The first-order chi connectivity index (χ1) is 14.4. The Balaban J connectivity index is 3.12. The van der Waals surface area contributed by atoms with Gasteiger partial charge in [-0.3, -0.25) is 4.18 Å². The van der Waals surface area contributed by atoms with Crippen molar-refractivity contribution in [2.45, 2.75) is 95.5 Å². The van der Waals surface area contributed by atoms with E-state index in [1.807, 2.05) is 20.8 Å². The number of ether oxygens (including phenoxy) is 1. The topological polar surface area (TPSA) is 108 Å². The molecule has 1 heterocycles. The van der Waals surface area contributed by atoms with E-state index in [1.54, 1.807) is 16.7 Å². The highest BCUT2D eigenvalue weighted by Crippen LogP contribution is 2.40. The summed E-state index contributed by atoms with van der Waals surface area (Å²) in [6.45, 7) is 17.6. The van der Waals surface area contributed by atoms with E-state index in [4.69, 9.17) is 19.1 Å². The minimum absolute atomic E-state index is 0.0409. The molecular formula is C21H44N2O6S2Si. The number of hydrogen-bond acceptors (Lipinski definition) is 8. The van der Waals surface area contributed by atoms with Crippen LogP contribution < -0.4 is 5.73 Å². The fourth-order valence-corrected chi connectivity index (χ4v) is 6.25. The molecule has 190 valence electrons. The Labute approximate surface area is 200 Å². The van der Waals surface area contributed by atoms with E-state index >= 15 is 0 Å². The molecule has 0 aromatic carbocycles. The molecule has 1 amide bonds. The second-order valence-electron chi connectivity index (χ2n) is 10.9. The molecule has 3 atom stereocenters. The van der Waals surface area contributed by atoms with Crippen LogP contribution in [-0.2, 0) is 23.5 Å². The molecule has 2 N–H and O–H groups in total. The third kappa shape index (κ3) is 9.88. The molecular weight excluding hydrogens is 468 g/mol. The Morgan fingerprint density at radius 1 is 1.22 bits per heavy atom. The SMILES string of the molecule is CC(C)(C)OC(=O)N1C[C@H](O[Si](C)(C)C(C)(C)C)C[C@H]1C(CCOS(C)(=O)=O)SCCN. The molecule has 1 fully saturated rings. The Morgan fingerprint density at radius 2 is 1.81 bits per heavy atom. The predicted octanol–water partition coefficient (Wildman–Crippen LogP) is 3.81. The van der Waals surface area contributed by atoms with Gasteiger partial charge in [0.05, 0.1) is 19.0 Å². The third-order valence-electron chi connectivity index (χ3n) is 5.78. The van der Waals surface area contributed by atoms with Crippen LogP contribution in [0.2, 0.25) is 18.1 Å². The molecule has 0 spiro atoms. The van der Waals surface area contributed by atoms with Crippen LogP contribution in [0.4, 0.5) is 4.79 Å². The molecule has 8 nitrogen and oxygen atoms in total. The minimum atomic E-state index is -3.53. The highest BCUT2D eigenvalue weighted by molar-refractivity contribution is 8.00. The molecule has 0 saturated carbocycles. The van der Waals surface area contributed by atoms with Crippen molar-refractivity contribution in [1.82, 2.24) is 4.90 Å². The standard InChI is InChI=1S/C21H44N2O6S2Si/c1-20(2,3)28-19(24)23-15-16(29-32(8,9)21(4,5)6)14-17(23)18(30-13-11-22)10-12-27-31(7,25)26/h16-18H,10-15,22H2,1-9H3/t16-,17+,18?/m1/s1. The number of carbonyl (C=O) groups is 1. The largest absolute Gasteiger partial charge is 0.444 e. The number of nitrogens with zero attached hydrogens (tertiary/aromatic N) is 1. The summed E-state index contributed by atoms with van der Waals surface area (Å²) in [6.07, 6.45) is 1.73. The van der Waals surface area contributed by atoms with E-state index in [1.165, 1.54) is 0 Å². The number of amides is 1. The van der Waals surface area contributed by atoms with Crippen LogP contribution in [-0.4, -0.2) is 82.4 Å². The van der Waals surface area contributed by atoms with E-state index in [-0.39, 0.29) is 35.1 Å². The van der Waals surface area contributed by atoms with Gasteiger partial charge >= 0.3 is 6.09 Å². The van der Waals surface area contributed by atoms with Gasteiger partial charge in [0.15, 0.2) is 8.32 Å². The number of likely N-dealkylation sites (tertiary alicyclic amines) is 1. The van der Waals surface area contributed by atoms with Gasteiger partial charge in [-0.2, -0.15) is 20.2 Å². The Kier molecular flexibility index (Phi) is 10.6. The third-order valence-corrected chi connectivity index (χ3v) is 12.4. The van der Waals surface area contributed by atoms with Crippen LogP contribution in [0.5, 0.6) is 0 Å². The summed E-state index contributed by atoms with van der Waals surface area (Å²) >= 11 is 1.64. The fraction of sp³-hybridized carbons (Fsp3) is 0.952. The highest BCUT2D eigenvalue weighted by Gasteiger charge is 2.46. The van der Waals surface area contributed by atoms with Crippen LogP contribution in [0.1, 0.15) is 54.4 Å². The van der Waals surface area contributed by atoms with Crippen molar-refractivity contribution in [3.63, 3.8) is 0 Å². The number of thioether (sulfide) groups is 1. The van der Waals surface area contributed by atoms with Crippen LogP contribution in [0, 0.1) is 0 Å². The summed E-state index contributed by atoms with van der Waals surface area (Å²) in [5.74, 6) is 0.704. The van der Waals surface area contributed by atoms with Crippen molar-refractivity contribution in [2.24, 2.45) is 5.73 Å². The molecule has 0 bridgehead atoms. The average molecular weight is 513 g/mol. The number of rotatable bonds is 10. The zero-order valence-corrected chi connectivity index (χ0v) is 23.9. The first-order valence-electron chi connectivity index (χ1n) is 11.2. The quantitative estimate of drug-likeness (QED) is 0.348. The van der Waals surface area contributed by atoms with E-state index in [2.05, 4.69) is 33.9 Å². The minimum Gasteiger partial charge on any atom is -0.444 e. The lowest BCUT2D eigenvalue weighted by Gasteiger charge is -2.38. The van der Waals surface area contributed by atoms with Crippen LogP contribution in [0.15, 0.2) is 0 Å². The summed E-state index contributed by atoms with van der Waals surface area (Å²) in [5.41, 5.74) is 5.13. The van der Waals surface area contributed by atoms with Gasteiger partial charge in [0.1, 0.15) is 5.60 Å². The molecule has 1 aliphatic heterocycles. The normalized spacial score (nSPS) is 21.6. The van der Waals surface area contributed by atoms with Crippen molar-refractivity contribution < 1.29 is 26.6 Å². The predicted molar refractivity (Wildman–Crippen MR) is 134 cm³/mol. The van der Waals surface area contributed by atoms with Crippen molar-refractivity contribution >= 4 is 36.3 Å². The lowest BCUT2D eigenvalue weighted by atomic mass is 10.1. The molecule has 0 radical (unpaired) electrons. The lowest BCUT2D eigenvalue weighted by molar-refractivity contribution is 0.0205. The average Bonchev–Trinajstić information content (AvgIpc) is 2.97. The molecule has 32 heavy (non-hydrogen) atoms. The van der Waals surface area contributed by atoms with E-state index < -0.39 is 24.0 Å². The highest BCUT2D eigenvalue weighted by atomic mass is 32.2. The monoisotopic (exact) mass is 512 g/mol. The van der Waals surface area contributed by atoms with Gasteiger partial charge in [-0.25, -0.2) is 4.79 Å². The molecule has 0 aromatic rings. The fourth-order valence-electron chi connectivity index (χ4n) is 3.31. The Morgan fingerprint density at radius 3 is 2.28 bits per heavy atom. The second kappa shape index (κ2) is 11.4. The summed E-state index contributed by atoms with van der Waals surface area (Å²) in [7, 11) is -5.56. The smallest absolute Gasteiger partial charge is 0.410 e. The Bertz CT molecular complexity index is 719. The van der Waals surface area contributed by atoms with Gasteiger partial charge in [0.25, 0.3) is 10.1 Å². The van der Waals surface area contributed by atoms with Crippen LogP contribution >= 0.6 is 11.8 Å². The maximum atomic E-state index is 13.1. The van der Waals surface area contributed by atoms with Gasteiger partial charge in [-0.15, -0.1) is 0 Å². The molecule has 1 saturated heterocycles. The Hall–Kier alpha value is -0.333. The number of hydrogen-bond donors (Lipinski definition) is 1.